The van der Waals surface area contributed by atoms with Crippen LogP contribution in [-0.2, 0) is 4.79 Å². The Bertz CT molecular complexity index is 531. The van der Waals surface area contributed by atoms with E-state index < -0.39 is 12.0 Å². The molecule has 0 aliphatic rings. The quantitative estimate of drug-likeness (QED) is 0.534. The molecule has 0 aromatic rings. The summed E-state index contributed by atoms with van der Waals surface area (Å²) >= 11 is 0. The van der Waals surface area contributed by atoms with Crippen LogP contribution in [0.3, 0.4) is 0 Å². The van der Waals surface area contributed by atoms with Crippen LogP contribution in [0.25, 0.3) is 0 Å². The summed E-state index contributed by atoms with van der Waals surface area (Å²) in [5, 5.41) is 8.71. The predicted octanol–water partition coefficient (Wildman–Crippen LogP) is 4.28. The van der Waals surface area contributed by atoms with Crippen LogP contribution in [0.1, 0.15) is 20.8 Å². The van der Waals surface area contributed by atoms with Gasteiger partial charge in [-0.2, -0.15) is 0 Å². The fourth-order valence-corrected chi connectivity index (χ4v) is 1.13. The molecule has 0 spiro atoms. The summed E-state index contributed by atoms with van der Waals surface area (Å²) in [7, 11) is 0. The van der Waals surface area contributed by atoms with E-state index in [4.69, 9.17) is 5.11 Å². The second-order valence-corrected chi connectivity index (χ2v) is 4.61. The molecule has 0 unspecified atom stereocenters. The van der Waals surface area contributed by atoms with Crippen LogP contribution in [0.2, 0.25) is 0 Å². The molecule has 0 aliphatic heterocycles. The number of carboxylic acid groups (broad SMARTS) is 1. The zero-order chi connectivity index (χ0) is 16.3. The molecule has 0 aromatic carbocycles. The molecule has 1 atom stereocenters. The van der Waals surface area contributed by atoms with Crippen LogP contribution in [0.5, 0.6) is 0 Å². The molecular weight excluding hydrogens is 262 g/mol. The third-order valence-electron chi connectivity index (χ3n) is 2.51. The van der Waals surface area contributed by atoms with Crippen LogP contribution in [-0.4, -0.2) is 23.3 Å². The largest absolute Gasteiger partial charge is 0.480 e. The Morgan fingerprint density at radius 2 is 1.71 bits per heavy atom. The molecule has 3 heteroatoms. The normalized spacial score (nSPS) is 15.0. The van der Waals surface area contributed by atoms with Crippen molar-refractivity contribution < 1.29 is 9.90 Å². The van der Waals surface area contributed by atoms with Crippen LogP contribution in [0.4, 0.5) is 0 Å². The highest BCUT2D eigenvalue weighted by atomic mass is 16.4. The van der Waals surface area contributed by atoms with Gasteiger partial charge in [0.25, 0.3) is 0 Å². The minimum atomic E-state index is -0.929. The van der Waals surface area contributed by atoms with E-state index in [1.807, 2.05) is 50.3 Å². The highest BCUT2D eigenvalue weighted by Gasteiger charge is 2.05. The number of aliphatic imine (C=N–C) groups is 1. The predicted molar refractivity (Wildman–Crippen MR) is 90.7 cm³/mol. The van der Waals surface area contributed by atoms with Gasteiger partial charge in [-0.05, 0) is 31.9 Å². The molecule has 0 saturated heterocycles. The van der Waals surface area contributed by atoms with E-state index in [0.29, 0.717) is 0 Å². The zero-order valence-corrected chi connectivity index (χ0v) is 12.9. The van der Waals surface area contributed by atoms with Gasteiger partial charge in [0.15, 0.2) is 0 Å². The maximum atomic E-state index is 10.6. The van der Waals surface area contributed by atoms with Crippen molar-refractivity contribution in [3.8, 4) is 0 Å². The standard InChI is InChI=1S/C18H23NO2/c1-6-14(2)9-7-10-15(3)11-8-12-16(4)13-19-17(5)18(20)21/h6-13,17H,1-2H2,3-5H3,(H,20,21)/t17-/m0/s1. The molecule has 0 saturated carbocycles. The van der Waals surface area contributed by atoms with Gasteiger partial charge in [-0.25, -0.2) is 4.79 Å². The number of carbonyl (C=O) groups is 1. The number of rotatable bonds is 8. The summed E-state index contributed by atoms with van der Waals surface area (Å²) in [6, 6.07) is -0.720. The minimum absolute atomic E-state index is 0.720. The maximum Gasteiger partial charge on any atom is 0.328 e. The Labute approximate surface area is 127 Å². The van der Waals surface area contributed by atoms with Gasteiger partial charge in [-0.1, -0.05) is 61.3 Å². The smallest absolute Gasteiger partial charge is 0.328 e. The summed E-state index contributed by atoms with van der Waals surface area (Å²) < 4.78 is 0. The van der Waals surface area contributed by atoms with Crippen LogP contribution >= 0.6 is 0 Å². The van der Waals surface area contributed by atoms with Gasteiger partial charge < -0.3 is 5.11 Å². The van der Waals surface area contributed by atoms with E-state index in [1.165, 1.54) is 6.92 Å². The Balaban J connectivity index is 4.54. The average Bonchev–Trinajstić information content (AvgIpc) is 2.44. The highest BCUT2D eigenvalue weighted by Crippen LogP contribution is 2.00. The number of nitrogens with zero attached hydrogens (tertiary/aromatic N) is 1. The molecule has 0 amide bonds. The van der Waals surface area contributed by atoms with E-state index in [0.717, 1.165) is 16.7 Å². The molecule has 0 fully saturated rings. The summed E-state index contributed by atoms with van der Waals surface area (Å²) in [6.45, 7) is 12.8. The number of aliphatic carboxylic acids is 1. The van der Waals surface area contributed by atoms with Crippen molar-refractivity contribution in [2.45, 2.75) is 26.8 Å². The first-order valence-corrected chi connectivity index (χ1v) is 6.64. The molecule has 0 radical (unpaired) electrons. The van der Waals surface area contributed by atoms with Crippen molar-refractivity contribution in [3.05, 3.63) is 72.4 Å². The molecular formula is C18H23NO2. The van der Waals surface area contributed by atoms with Crippen molar-refractivity contribution in [2.75, 3.05) is 0 Å². The molecule has 1 N–H and O–H groups in total. The summed E-state index contributed by atoms with van der Waals surface area (Å²) in [5.41, 5.74) is 2.84. The van der Waals surface area contributed by atoms with Crippen molar-refractivity contribution in [1.82, 2.24) is 0 Å². The van der Waals surface area contributed by atoms with Crippen LogP contribution < -0.4 is 0 Å². The lowest BCUT2D eigenvalue weighted by molar-refractivity contribution is -0.137. The van der Waals surface area contributed by atoms with Crippen molar-refractivity contribution in [3.63, 3.8) is 0 Å². The van der Waals surface area contributed by atoms with E-state index >= 15 is 0 Å². The monoisotopic (exact) mass is 285 g/mol. The summed E-state index contributed by atoms with van der Waals surface area (Å²) in [4.78, 5) is 14.5. The van der Waals surface area contributed by atoms with Gasteiger partial charge in [-0.15, -0.1) is 0 Å². The zero-order valence-electron chi connectivity index (χ0n) is 12.9. The number of hydrogen-bond donors (Lipinski definition) is 1. The number of allylic oxidation sites excluding steroid dienone is 10. The van der Waals surface area contributed by atoms with Gasteiger partial charge in [-0.3, -0.25) is 4.99 Å². The fourth-order valence-electron chi connectivity index (χ4n) is 1.13. The Morgan fingerprint density at radius 3 is 2.29 bits per heavy atom. The Hall–Kier alpha value is -2.42. The molecule has 21 heavy (non-hydrogen) atoms. The van der Waals surface area contributed by atoms with Gasteiger partial charge in [0.2, 0.25) is 0 Å². The first kappa shape index (κ1) is 18.6. The van der Waals surface area contributed by atoms with Crippen LogP contribution in [0.15, 0.2) is 77.4 Å². The fraction of sp³-hybridized carbons (Fsp3) is 0.222. The first-order chi connectivity index (χ1) is 9.86. The van der Waals surface area contributed by atoms with Crippen molar-refractivity contribution in [2.24, 2.45) is 4.99 Å². The minimum Gasteiger partial charge on any atom is -0.480 e. The number of hydrogen-bond acceptors (Lipinski definition) is 2. The molecule has 112 valence electrons. The second-order valence-electron chi connectivity index (χ2n) is 4.61. The van der Waals surface area contributed by atoms with Crippen molar-refractivity contribution >= 4 is 12.2 Å². The second kappa shape index (κ2) is 10.4. The molecule has 3 nitrogen and oxygen atoms in total. The van der Waals surface area contributed by atoms with E-state index in [1.54, 1.807) is 12.3 Å². The van der Waals surface area contributed by atoms with Gasteiger partial charge in [0, 0.05) is 6.21 Å². The van der Waals surface area contributed by atoms with E-state index in [9.17, 15) is 4.79 Å². The van der Waals surface area contributed by atoms with Gasteiger partial charge in [0.05, 0.1) is 0 Å². The topological polar surface area (TPSA) is 49.7 Å². The highest BCUT2D eigenvalue weighted by molar-refractivity contribution is 5.82. The third-order valence-corrected chi connectivity index (χ3v) is 2.51. The molecule has 0 heterocycles. The van der Waals surface area contributed by atoms with E-state index in [2.05, 4.69) is 18.2 Å². The average molecular weight is 285 g/mol. The van der Waals surface area contributed by atoms with Gasteiger partial charge >= 0.3 is 5.97 Å². The van der Waals surface area contributed by atoms with Crippen LogP contribution in [0, 0.1) is 0 Å². The van der Waals surface area contributed by atoms with Crippen molar-refractivity contribution in [1.29, 1.82) is 0 Å². The summed E-state index contributed by atoms with van der Waals surface area (Å²) in [6.07, 6.45) is 14.8. The molecule has 0 aliphatic carbocycles. The lowest BCUT2D eigenvalue weighted by atomic mass is 10.2. The molecule has 0 bridgehead atoms. The molecule has 0 aromatic heterocycles. The lowest BCUT2D eigenvalue weighted by Crippen LogP contribution is -2.12. The first-order valence-electron chi connectivity index (χ1n) is 6.64. The number of carboxylic acids is 1. The Kier molecular flexibility index (Phi) is 9.18. The summed E-state index contributed by atoms with van der Waals surface area (Å²) in [5.74, 6) is -0.929. The molecule has 0 rings (SSSR count). The third kappa shape index (κ3) is 10.1. The Morgan fingerprint density at radius 1 is 1.14 bits per heavy atom. The maximum absolute atomic E-state index is 10.6. The lowest BCUT2D eigenvalue weighted by Gasteiger charge is -1.97. The van der Waals surface area contributed by atoms with E-state index in [-0.39, 0.29) is 0 Å². The SMILES string of the molecule is C=CC(=C)C=CC=C(C)C=CC=C(C)C=N[C@@H](C)C(=O)O. The van der Waals surface area contributed by atoms with Gasteiger partial charge in [0.1, 0.15) is 6.04 Å².